The Hall–Kier alpha value is -4.45. The van der Waals surface area contributed by atoms with Gasteiger partial charge in [0.2, 0.25) is 0 Å². The van der Waals surface area contributed by atoms with E-state index < -0.39 is 5.97 Å². The number of hydrogen-bond acceptors (Lipinski definition) is 6. The van der Waals surface area contributed by atoms with E-state index in [4.69, 9.17) is 4.84 Å². The van der Waals surface area contributed by atoms with E-state index in [0.717, 1.165) is 22.6 Å². The summed E-state index contributed by atoms with van der Waals surface area (Å²) >= 11 is 0. The van der Waals surface area contributed by atoms with Crippen molar-refractivity contribution in [2.75, 3.05) is 17.8 Å². The van der Waals surface area contributed by atoms with Crippen LogP contribution in [0.25, 0.3) is 11.3 Å². The van der Waals surface area contributed by atoms with Crippen LogP contribution in [0.3, 0.4) is 0 Å². The zero-order valence-electron chi connectivity index (χ0n) is 18.8. The Balaban J connectivity index is 1.32. The molecule has 4 aromatic rings. The van der Waals surface area contributed by atoms with Crippen LogP contribution in [-0.2, 0) is 16.1 Å². The Labute approximate surface area is 198 Å². The zero-order chi connectivity index (χ0) is 23.8. The topological polar surface area (TPSA) is 80.3 Å². The number of pyridine rings is 1. The molecule has 0 amide bonds. The Kier molecular flexibility index (Phi) is 7.30. The molecule has 0 unspecified atom stereocenters. The molecule has 0 fully saturated rings. The van der Waals surface area contributed by atoms with Crippen LogP contribution in [0.2, 0.25) is 0 Å². The van der Waals surface area contributed by atoms with Gasteiger partial charge in [-0.2, -0.15) is 0 Å². The lowest BCUT2D eigenvalue weighted by Gasteiger charge is -2.11. The predicted molar refractivity (Wildman–Crippen MR) is 134 cm³/mol. The quantitative estimate of drug-likeness (QED) is 0.257. The van der Waals surface area contributed by atoms with Crippen molar-refractivity contribution in [3.8, 4) is 11.3 Å². The number of anilines is 2. The summed E-state index contributed by atoms with van der Waals surface area (Å²) in [5.41, 5.74) is 7.02. The second kappa shape index (κ2) is 10.9. The molecule has 0 atom stereocenters. The third-order valence-electron chi connectivity index (χ3n) is 5.36. The van der Waals surface area contributed by atoms with E-state index in [1.54, 1.807) is 36.4 Å². The molecule has 0 radical (unpaired) electrons. The zero-order valence-corrected chi connectivity index (χ0v) is 18.8. The van der Waals surface area contributed by atoms with Crippen molar-refractivity contribution >= 4 is 23.3 Å². The molecule has 0 bridgehead atoms. The van der Waals surface area contributed by atoms with Crippen LogP contribution in [-0.4, -0.2) is 23.8 Å². The van der Waals surface area contributed by atoms with Gasteiger partial charge in [-0.3, -0.25) is 4.79 Å². The minimum atomic E-state index is -0.408. The van der Waals surface area contributed by atoms with E-state index in [1.165, 1.54) is 0 Å². The van der Waals surface area contributed by atoms with Crippen molar-refractivity contribution in [1.82, 2.24) is 4.98 Å². The Bertz CT molecular complexity index is 1270. The summed E-state index contributed by atoms with van der Waals surface area (Å²) < 4.78 is 0. The number of carbonyl (C=O) groups is 2. The van der Waals surface area contributed by atoms with Crippen LogP contribution < -0.4 is 10.8 Å². The van der Waals surface area contributed by atoms with Crippen molar-refractivity contribution < 1.29 is 14.4 Å². The minimum Gasteiger partial charge on any atom is -0.373 e. The van der Waals surface area contributed by atoms with E-state index in [0.29, 0.717) is 23.2 Å². The van der Waals surface area contributed by atoms with Crippen LogP contribution in [0.15, 0.2) is 97.1 Å². The molecule has 3 aromatic carbocycles. The van der Waals surface area contributed by atoms with Gasteiger partial charge < -0.3 is 10.2 Å². The monoisotopic (exact) mass is 451 g/mol. The molecule has 4 rings (SSSR count). The van der Waals surface area contributed by atoms with Crippen LogP contribution in [0.1, 0.15) is 27.9 Å². The lowest BCUT2D eigenvalue weighted by Crippen LogP contribution is -2.14. The summed E-state index contributed by atoms with van der Waals surface area (Å²) in [5, 5.41) is 3.04. The number of nitrogens with zero attached hydrogens (tertiary/aromatic N) is 1. The van der Waals surface area contributed by atoms with Crippen LogP contribution in [0.4, 0.5) is 11.5 Å². The van der Waals surface area contributed by atoms with Crippen LogP contribution in [0, 0.1) is 0 Å². The molecule has 6 heteroatoms. The van der Waals surface area contributed by atoms with Crippen LogP contribution in [0.5, 0.6) is 0 Å². The van der Waals surface area contributed by atoms with Gasteiger partial charge in [0.05, 0.1) is 17.8 Å². The van der Waals surface area contributed by atoms with Gasteiger partial charge in [-0.15, -0.1) is 0 Å². The third-order valence-corrected chi connectivity index (χ3v) is 5.36. The molecule has 0 saturated carbocycles. The summed E-state index contributed by atoms with van der Waals surface area (Å²) in [7, 11) is 1.84. The van der Waals surface area contributed by atoms with Crippen LogP contribution >= 0.6 is 0 Å². The molecule has 0 aliphatic heterocycles. The number of para-hydroxylation sites is 1. The number of aromatic nitrogens is 1. The molecule has 1 aromatic heterocycles. The second-order valence-corrected chi connectivity index (χ2v) is 7.67. The average molecular weight is 452 g/mol. The number of carbonyl (C=O) groups excluding carboxylic acids is 2. The minimum absolute atomic E-state index is 0.144. The normalized spacial score (nSPS) is 10.4. The number of nitrogens with one attached hydrogen (secondary N) is 2. The largest absolute Gasteiger partial charge is 0.373 e. The number of benzene rings is 3. The molecule has 34 heavy (non-hydrogen) atoms. The van der Waals surface area contributed by atoms with E-state index in [1.807, 2.05) is 67.7 Å². The second-order valence-electron chi connectivity index (χ2n) is 7.67. The maximum absolute atomic E-state index is 12.8. The van der Waals surface area contributed by atoms with Crippen molar-refractivity contribution in [1.29, 1.82) is 0 Å². The molecule has 0 spiro atoms. The first-order valence-electron chi connectivity index (χ1n) is 11.0. The fourth-order valence-electron chi connectivity index (χ4n) is 3.50. The molecular formula is C28H25N3O3. The predicted octanol–water partition coefficient (Wildman–Crippen LogP) is 5.52. The summed E-state index contributed by atoms with van der Waals surface area (Å²) in [6.07, 6.45) is 0.740. The Morgan fingerprint density at radius 2 is 1.56 bits per heavy atom. The molecule has 2 N–H and O–H groups in total. The van der Waals surface area contributed by atoms with E-state index in [2.05, 4.69) is 15.8 Å². The molecule has 170 valence electrons. The first-order chi connectivity index (χ1) is 16.6. The first kappa shape index (κ1) is 22.7. The number of aryl methyl sites for hydroxylation is 1. The number of hydrogen-bond donors (Lipinski definition) is 2. The standard InChI is InChI=1S/C28H25N3O3/c1-29-26-13-7-12-24(30-26)21-17-14-20(15-18-21)16-19-27(32)34-31-25-11-6-5-10-23(25)28(33)22-8-3-2-4-9-22/h2-15,17-18,31H,16,19H2,1H3,(H,29,30). The van der Waals surface area contributed by atoms with Crippen molar-refractivity contribution in [3.05, 3.63) is 114 Å². The number of rotatable bonds is 9. The summed E-state index contributed by atoms with van der Waals surface area (Å²) in [6, 6.07) is 29.7. The Morgan fingerprint density at radius 3 is 2.32 bits per heavy atom. The van der Waals surface area contributed by atoms with Gasteiger partial charge in [0, 0.05) is 23.7 Å². The van der Waals surface area contributed by atoms with E-state index in [-0.39, 0.29) is 12.2 Å². The SMILES string of the molecule is CNc1cccc(-c2ccc(CCC(=O)ONc3ccccc3C(=O)c3ccccc3)cc2)n1. The van der Waals surface area contributed by atoms with Gasteiger partial charge in [-0.05, 0) is 36.2 Å². The molecule has 0 aliphatic rings. The number of ketones is 1. The maximum Gasteiger partial charge on any atom is 0.332 e. The highest BCUT2D eigenvalue weighted by Crippen LogP contribution is 2.21. The lowest BCUT2D eigenvalue weighted by atomic mass is 10.0. The van der Waals surface area contributed by atoms with Gasteiger partial charge in [0.1, 0.15) is 5.82 Å². The van der Waals surface area contributed by atoms with Gasteiger partial charge in [-0.25, -0.2) is 15.3 Å². The van der Waals surface area contributed by atoms with E-state index >= 15 is 0 Å². The fraction of sp³-hybridized carbons (Fsp3) is 0.107. The molecule has 0 aliphatic carbocycles. The highest BCUT2D eigenvalue weighted by molar-refractivity contribution is 6.12. The van der Waals surface area contributed by atoms with Crippen molar-refractivity contribution in [3.63, 3.8) is 0 Å². The third kappa shape index (κ3) is 5.66. The van der Waals surface area contributed by atoms with Gasteiger partial charge >= 0.3 is 5.97 Å². The summed E-state index contributed by atoms with van der Waals surface area (Å²) in [4.78, 5) is 34.9. The van der Waals surface area contributed by atoms with Gasteiger partial charge in [-0.1, -0.05) is 72.8 Å². The molecular weight excluding hydrogens is 426 g/mol. The van der Waals surface area contributed by atoms with E-state index in [9.17, 15) is 9.59 Å². The summed E-state index contributed by atoms with van der Waals surface area (Å²) in [6.45, 7) is 0. The highest BCUT2D eigenvalue weighted by Gasteiger charge is 2.14. The summed E-state index contributed by atoms with van der Waals surface area (Å²) in [5.74, 6) is 0.257. The van der Waals surface area contributed by atoms with Gasteiger partial charge in [0.15, 0.2) is 5.78 Å². The maximum atomic E-state index is 12.8. The Morgan fingerprint density at radius 1 is 0.824 bits per heavy atom. The van der Waals surface area contributed by atoms with Crippen molar-refractivity contribution in [2.45, 2.75) is 12.8 Å². The first-order valence-corrected chi connectivity index (χ1v) is 11.0. The smallest absolute Gasteiger partial charge is 0.332 e. The molecule has 0 saturated heterocycles. The fourth-order valence-corrected chi connectivity index (χ4v) is 3.50. The lowest BCUT2D eigenvalue weighted by molar-refractivity contribution is -0.140. The average Bonchev–Trinajstić information content (AvgIpc) is 2.91. The highest BCUT2D eigenvalue weighted by atomic mass is 16.7. The van der Waals surface area contributed by atoms with Crippen molar-refractivity contribution in [2.24, 2.45) is 0 Å². The molecule has 6 nitrogen and oxygen atoms in total. The molecule has 1 heterocycles. The van der Waals surface area contributed by atoms with Gasteiger partial charge in [0.25, 0.3) is 0 Å².